The number of aromatic nitrogens is 2. The van der Waals surface area contributed by atoms with Gasteiger partial charge < -0.3 is 9.72 Å². The Bertz CT molecular complexity index is 555. The maximum Gasteiger partial charge on any atom is 0.152 e. The first-order chi connectivity index (χ1) is 7.69. The molecule has 1 N–H and O–H groups in total. The Morgan fingerprint density at radius 2 is 2.31 bits per heavy atom. The molecule has 2 aromatic rings. The molecule has 0 atom stereocenters. The Hall–Kier alpha value is -2.10. The molecule has 0 amide bonds. The first-order valence-corrected chi connectivity index (χ1v) is 4.90. The Morgan fingerprint density at radius 3 is 3.00 bits per heavy atom. The van der Waals surface area contributed by atoms with E-state index in [1.54, 1.807) is 19.4 Å². The molecule has 0 saturated carbocycles. The second-order valence-corrected chi connectivity index (χ2v) is 3.48. The first kappa shape index (κ1) is 10.4. The van der Waals surface area contributed by atoms with Crippen LogP contribution in [0.25, 0.3) is 17.1 Å². The van der Waals surface area contributed by atoms with Gasteiger partial charge in [-0.1, -0.05) is 0 Å². The molecule has 4 nitrogen and oxygen atoms in total. The lowest BCUT2D eigenvalue weighted by molar-refractivity contribution is -0.112. The van der Waals surface area contributed by atoms with Crippen LogP contribution >= 0.6 is 0 Å². The Morgan fingerprint density at radius 1 is 1.50 bits per heavy atom. The van der Waals surface area contributed by atoms with Crippen LogP contribution in [0.3, 0.4) is 0 Å². The number of allylic oxidation sites excluding steroid dienone is 1. The molecule has 0 fully saturated rings. The van der Waals surface area contributed by atoms with Crippen molar-refractivity contribution in [2.45, 2.75) is 6.92 Å². The summed E-state index contributed by atoms with van der Waals surface area (Å²) in [5.41, 5.74) is 1.63. The van der Waals surface area contributed by atoms with E-state index < -0.39 is 0 Å². The summed E-state index contributed by atoms with van der Waals surface area (Å²) in [6.07, 6.45) is 4.90. The minimum absolute atomic E-state index is 0.0178. The summed E-state index contributed by atoms with van der Waals surface area (Å²) in [6, 6.07) is 3.81. The molecule has 82 valence electrons. The highest BCUT2D eigenvalue weighted by Gasteiger charge is 2.01. The van der Waals surface area contributed by atoms with Crippen molar-refractivity contribution in [1.29, 1.82) is 0 Å². The Labute approximate surface area is 93.0 Å². The summed E-state index contributed by atoms with van der Waals surface area (Å²) < 4.78 is 5.08. The van der Waals surface area contributed by atoms with Crippen molar-refractivity contribution in [3.63, 3.8) is 0 Å². The standard InChI is InChI=1S/C12H12N2O2/c1-8(15)3-4-10-5-9-6-11(16-2)7-13-12(9)14-10/h3-7H,1-2H3,(H,13,14)/b4-3+. The predicted molar refractivity (Wildman–Crippen MR) is 62.4 cm³/mol. The van der Waals surface area contributed by atoms with Crippen LogP contribution in [0, 0.1) is 0 Å². The molecular formula is C12H12N2O2. The molecule has 0 aliphatic heterocycles. The van der Waals surface area contributed by atoms with Crippen LogP contribution in [0.15, 0.2) is 24.4 Å². The van der Waals surface area contributed by atoms with E-state index in [4.69, 9.17) is 4.74 Å². The van der Waals surface area contributed by atoms with Crippen LogP contribution in [0.2, 0.25) is 0 Å². The summed E-state index contributed by atoms with van der Waals surface area (Å²) in [5.74, 6) is 0.734. The van der Waals surface area contributed by atoms with Crippen molar-refractivity contribution in [2.24, 2.45) is 0 Å². The maximum absolute atomic E-state index is 10.8. The molecule has 0 unspecified atom stereocenters. The third kappa shape index (κ3) is 2.11. The smallest absolute Gasteiger partial charge is 0.152 e. The topological polar surface area (TPSA) is 55.0 Å². The lowest BCUT2D eigenvalue weighted by Crippen LogP contribution is -1.83. The van der Waals surface area contributed by atoms with Gasteiger partial charge in [-0.05, 0) is 31.2 Å². The molecule has 0 saturated heterocycles. The number of fused-ring (bicyclic) bond motifs is 1. The molecule has 2 heterocycles. The normalized spacial score (nSPS) is 11.1. The summed E-state index contributed by atoms with van der Waals surface area (Å²) in [4.78, 5) is 18.1. The van der Waals surface area contributed by atoms with Crippen LogP contribution in [-0.4, -0.2) is 22.9 Å². The minimum atomic E-state index is 0.0178. The number of hydrogen-bond acceptors (Lipinski definition) is 3. The molecule has 0 aromatic carbocycles. The van der Waals surface area contributed by atoms with Gasteiger partial charge in [0.15, 0.2) is 5.78 Å². The number of pyridine rings is 1. The van der Waals surface area contributed by atoms with Crippen molar-refractivity contribution in [2.75, 3.05) is 7.11 Å². The number of carbonyl (C=O) groups is 1. The summed E-state index contributed by atoms with van der Waals surface area (Å²) in [7, 11) is 1.60. The predicted octanol–water partition coefficient (Wildman–Crippen LogP) is 2.17. The fourth-order valence-corrected chi connectivity index (χ4v) is 1.42. The number of hydrogen-bond donors (Lipinski definition) is 1. The van der Waals surface area contributed by atoms with Gasteiger partial charge in [0.25, 0.3) is 0 Å². The molecule has 2 aromatic heterocycles. The van der Waals surface area contributed by atoms with Crippen molar-refractivity contribution in [3.05, 3.63) is 30.1 Å². The third-order valence-corrected chi connectivity index (χ3v) is 2.20. The molecule has 0 aliphatic carbocycles. The zero-order valence-corrected chi connectivity index (χ0v) is 9.15. The largest absolute Gasteiger partial charge is 0.495 e. The number of methoxy groups -OCH3 is 1. The van der Waals surface area contributed by atoms with Gasteiger partial charge in [-0.2, -0.15) is 0 Å². The van der Waals surface area contributed by atoms with Gasteiger partial charge in [0, 0.05) is 11.1 Å². The zero-order chi connectivity index (χ0) is 11.5. The molecular weight excluding hydrogens is 204 g/mol. The Balaban J connectivity index is 2.40. The fourth-order valence-electron chi connectivity index (χ4n) is 1.42. The average Bonchev–Trinajstić information content (AvgIpc) is 2.67. The number of H-pyrrole nitrogens is 1. The van der Waals surface area contributed by atoms with Crippen LogP contribution in [0.4, 0.5) is 0 Å². The van der Waals surface area contributed by atoms with E-state index in [2.05, 4.69) is 9.97 Å². The van der Waals surface area contributed by atoms with E-state index in [1.807, 2.05) is 12.1 Å². The molecule has 0 radical (unpaired) electrons. The van der Waals surface area contributed by atoms with Gasteiger partial charge >= 0.3 is 0 Å². The number of ketones is 1. The molecule has 16 heavy (non-hydrogen) atoms. The molecule has 4 heteroatoms. The molecule has 0 spiro atoms. The number of nitrogens with one attached hydrogen (secondary N) is 1. The number of rotatable bonds is 3. The van der Waals surface area contributed by atoms with Crippen molar-refractivity contribution >= 4 is 22.9 Å². The monoisotopic (exact) mass is 216 g/mol. The summed E-state index contributed by atoms with van der Waals surface area (Å²) in [5, 5.41) is 0.961. The average molecular weight is 216 g/mol. The summed E-state index contributed by atoms with van der Waals surface area (Å²) >= 11 is 0. The second-order valence-electron chi connectivity index (χ2n) is 3.48. The van der Waals surface area contributed by atoms with Gasteiger partial charge in [-0.25, -0.2) is 4.98 Å². The van der Waals surface area contributed by atoms with Crippen LogP contribution < -0.4 is 4.74 Å². The first-order valence-electron chi connectivity index (χ1n) is 4.90. The lowest BCUT2D eigenvalue weighted by atomic mass is 10.3. The lowest BCUT2D eigenvalue weighted by Gasteiger charge is -1.96. The van der Waals surface area contributed by atoms with Gasteiger partial charge in [0.2, 0.25) is 0 Å². The highest BCUT2D eigenvalue weighted by atomic mass is 16.5. The highest BCUT2D eigenvalue weighted by molar-refractivity contribution is 5.92. The Kier molecular flexibility index (Phi) is 2.72. The van der Waals surface area contributed by atoms with E-state index in [-0.39, 0.29) is 5.78 Å². The van der Waals surface area contributed by atoms with Gasteiger partial charge in [-0.3, -0.25) is 4.79 Å². The van der Waals surface area contributed by atoms with Gasteiger partial charge in [-0.15, -0.1) is 0 Å². The van der Waals surface area contributed by atoms with E-state index >= 15 is 0 Å². The quantitative estimate of drug-likeness (QED) is 0.800. The number of ether oxygens (including phenoxy) is 1. The van der Waals surface area contributed by atoms with Gasteiger partial charge in [0.1, 0.15) is 11.4 Å². The van der Waals surface area contributed by atoms with Crippen LogP contribution in [0.1, 0.15) is 12.6 Å². The fraction of sp³-hybridized carbons (Fsp3) is 0.167. The number of nitrogens with zero attached hydrogens (tertiary/aromatic N) is 1. The van der Waals surface area contributed by atoms with E-state index in [1.165, 1.54) is 13.0 Å². The zero-order valence-electron chi connectivity index (χ0n) is 9.15. The number of carbonyl (C=O) groups excluding carboxylic acids is 1. The third-order valence-electron chi connectivity index (χ3n) is 2.20. The SMILES string of the molecule is COc1cnc2[nH]c(/C=C/C(C)=O)cc2c1. The van der Waals surface area contributed by atoms with Crippen LogP contribution in [0.5, 0.6) is 5.75 Å². The molecule has 0 aliphatic rings. The van der Waals surface area contributed by atoms with Crippen molar-refractivity contribution in [3.8, 4) is 5.75 Å². The highest BCUT2D eigenvalue weighted by Crippen LogP contribution is 2.19. The van der Waals surface area contributed by atoms with E-state index in [0.717, 1.165) is 16.7 Å². The van der Waals surface area contributed by atoms with Gasteiger partial charge in [0.05, 0.1) is 13.3 Å². The van der Waals surface area contributed by atoms with Crippen molar-refractivity contribution < 1.29 is 9.53 Å². The van der Waals surface area contributed by atoms with Crippen molar-refractivity contribution in [1.82, 2.24) is 9.97 Å². The molecule has 0 bridgehead atoms. The van der Waals surface area contributed by atoms with E-state index in [0.29, 0.717) is 5.75 Å². The van der Waals surface area contributed by atoms with Crippen LogP contribution in [-0.2, 0) is 4.79 Å². The maximum atomic E-state index is 10.8. The summed E-state index contributed by atoms with van der Waals surface area (Å²) in [6.45, 7) is 1.51. The number of aromatic amines is 1. The van der Waals surface area contributed by atoms with E-state index in [9.17, 15) is 4.79 Å². The molecule has 2 rings (SSSR count). The second kappa shape index (κ2) is 4.18. The minimum Gasteiger partial charge on any atom is -0.495 e.